The molecule has 0 atom stereocenters. The molecule has 0 saturated heterocycles. The van der Waals surface area contributed by atoms with Crippen LogP contribution in [0.1, 0.15) is 50.8 Å². The van der Waals surface area contributed by atoms with Crippen LogP contribution in [0.15, 0.2) is 0 Å². The second-order valence-electron chi connectivity index (χ2n) is 6.00. The number of anilines is 1. The Hall–Kier alpha value is -1.17. The lowest BCUT2D eigenvalue weighted by Crippen LogP contribution is -2.21. The maximum atomic E-state index is 6.24. The van der Waals surface area contributed by atoms with Gasteiger partial charge in [-0.1, -0.05) is 13.3 Å². The number of fused-ring (bicyclic) bond motifs is 1. The average molecular weight is 307 g/mol. The Morgan fingerprint density at radius 1 is 1.29 bits per heavy atom. The van der Waals surface area contributed by atoms with Crippen LogP contribution in [0.4, 0.5) is 5.95 Å². The molecule has 1 saturated carbocycles. The van der Waals surface area contributed by atoms with Crippen molar-refractivity contribution in [1.29, 1.82) is 0 Å². The number of nitrogen functional groups attached to an aromatic ring is 1. The summed E-state index contributed by atoms with van der Waals surface area (Å²) in [5.41, 5.74) is 9.42. The standard InChI is InChI=1S/C15H25N5S/c1-4-5-12-13-14(19(2)18-12)20(15(16)17-13)10-6-8-11(21-3)9-7-10/h10-11H,4-9H2,1-3H3,(H2,16,17). The summed E-state index contributed by atoms with van der Waals surface area (Å²) in [7, 11) is 2.01. The van der Waals surface area contributed by atoms with E-state index in [0.29, 0.717) is 12.0 Å². The Morgan fingerprint density at radius 3 is 2.62 bits per heavy atom. The van der Waals surface area contributed by atoms with E-state index in [4.69, 9.17) is 5.73 Å². The van der Waals surface area contributed by atoms with Gasteiger partial charge in [-0.05, 0) is 38.4 Å². The Balaban J connectivity index is 1.97. The van der Waals surface area contributed by atoms with E-state index in [2.05, 4.69) is 27.8 Å². The van der Waals surface area contributed by atoms with Gasteiger partial charge in [-0.15, -0.1) is 0 Å². The normalized spacial score (nSPS) is 23.0. The molecule has 0 bridgehead atoms. The monoisotopic (exact) mass is 307 g/mol. The average Bonchev–Trinajstić information content (AvgIpc) is 2.97. The molecular weight excluding hydrogens is 282 g/mol. The number of rotatable bonds is 4. The van der Waals surface area contributed by atoms with Gasteiger partial charge in [0.1, 0.15) is 5.52 Å². The quantitative estimate of drug-likeness (QED) is 0.942. The molecule has 2 heterocycles. The van der Waals surface area contributed by atoms with Crippen LogP contribution in [0.25, 0.3) is 11.2 Å². The molecule has 2 N–H and O–H groups in total. The van der Waals surface area contributed by atoms with Crippen molar-refractivity contribution in [3.8, 4) is 0 Å². The topological polar surface area (TPSA) is 61.7 Å². The van der Waals surface area contributed by atoms with Crippen molar-refractivity contribution in [2.75, 3.05) is 12.0 Å². The van der Waals surface area contributed by atoms with Gasteiger partial charge in [0.05, 0.1) is 5.69 Å². The molecule has 0 aliphatic heterocycles. The van der Waals surface area contributed by atoms with Crippen molar-refractivity contribution in [2.24, 2.45) is 7.05 Å². The molecule has 0 spiro atoms. The third-order valence-corrected chi connectivity index (χ3v) is 5.73. The van der Waals surface area contributed by atoms with Gasteiger partial charge in [0.2, 0.25) is 5.95 Å². The van der Waals surface area contributed by atoms with Gasteiger partial charge >= 0.3 is 0 Å². The molecule has 5 nitrogen and oxygen atoms in total. The lowest BCUT2D eigenvalue weighted by atomic mass is 9.95. The highest BCUT2D eigenvalue weighted by atomic mass is 32.2. The predicted molar refractivity (Wildman–Crippen MR) is 89.7 cm³/mol. The SMILES string of the molecule is CCCc1nn(C)c2c1nc(N)n2C1CCC(SC)CC1. The Morgan fingerprint density at radius 2 is 2.00 bits per heavy atom. The lowest BCUT2D eigenvalue weighted by Gasteiger charge is -2.29. The molecule has 3 rings (SSSR count). The molecule has 0 amide bonds. The fourth-order valence-corrected chi connectivity index (χ4v) is 4.27. The number of nitrogens with two attached hydrogens (primary N) is 1. The van der Waals surface area contributed by atoms with Crippen molar-refractivity contribution >= 4 is 28.9 Å². The minimum atomic E-state index is 0.475. The predicted octanol–water partition coefficient (Wildman–Crippen LogP) is 3.15. The van der Waals surface area contributed by atoms with Gasteiger partial charge in [-0.2, -0.15) is 16.9 Å². The van der Waals surface area contributed by atoms with E-state index < -0.39 is 0 Å². The second-order valence-corrected chi connectivity index (χ2v) is 7.14. The fourth-order valence-electron chi connectivity index (χ4n) is 3.52. The third-order valence-electron chi connectivity index (χ3n) is 4.59. The summed E-state index contributed by atoms with van der Waals surface area (Å²) in [6, 6.07) is 0.475. The van der Waals surface area contributed by atoms with E-state index in [-0.39, 0.29) is 0 Å². The fraction of sp³-hybridized carbons (Fsp3) is 0.733. The van der Waals surface area contributed by atoms with E-state index in [1.165, 1.54) is 25.7 Å². The molecule has 21 heavy (non-hydrogen) atoms. The maximum Gasteiger partial charge on any atom is 0.202 e. The van der Waals surface area contributed by atoms with E-state index >= 15 is 0 Å². The first-order valence-electron chi connectivity index (χ1n) is 7.87. The van der Waals surface area contributed by atoms with Gasteiger partial charge in [0, 0.05) is 18.3 Å². The van der Waals surface area contributed by atoms with Crippen LogP contribution in [0.5, 0.6) is 0 Å². The van der Waals surface area contributed by atoms with Gasteiger partial charge in [0.25, 0.3) is 0 Å². The summed E-state index contributed by atoms with van der Waals surface area (Å²) in [5.74, 6) is 0.656. The molecule has 0 aromatic carbocycles. The van der Waals surface area contributed by atoms with Crippen molar-refractivity contribution < 1.29 is 0 Å². The van der Waals surface area contributed by atoms with Crippen LogP contribution in [-0.2, 0) is 13.5 Å². The number of aryl methyl sites for hydroxylation is 2. The number of imidazole rings is 1. The van der Waals surface area contributed by atoms with Gasteiger partial charge in [-0.25, -0.2) is 4.98 Å². The first kappa shape index (κ1) is 14.8. The zero-order chi connectivity index (χ0) is 15.0. The van der Waals surface area contributed by atoms with Crippen molar-refractivity contribution in [3.63, 3.8) is 0 Å². The van der Waals surface area contributed by atoms with Crippen molar-refractivity contribution in [2.45, 2.75) is 56.7 Å². The van der Waals surface area contributed by atoms with Crippen LogP contribution in [0.2, 0.25) is 0 Å². The van der Waals surface area contributed by atoms with Crippen molar-refractivity contribution in [3.05, 3.63) is 5.69 Å². The van der Waals surface area contributed by atoms with Gasteiger partial charge in [0.15, 0.2) is 5.65 Å². The van der Waals surface area contributed by atoms with E-state index in [1.807, 2.05) is 23.5 Å². The molecule has 0 radical (unpaired) electrons. The molecule has 6 heteroatoms. The molecule has 0 unspecified atom stereocenters. The minimum Gasteiger partial charge on any atom is -0.369 e. The zero-order valence-corrected chi connectivity index (χ0v) is 14.0. The van der Waals surface area contributed by atoms with Crippen LogP contribution in [-0.4, -0.2) is 30.8 Å². The first-order valence-corrected chi connectivity index (χ1v) is 9.16. The number of hydrogen-bond donors (Lipinski definition) is 1. The van der Waals surface area contributed by atoms with Gasteiger partial charge in [-0.3, -0.25) is 9.25 Å². The summed E-state index contributed by atoms with van der Waals surface area (Å²) in [5, 5.41) is 5.45. The maximum absolute atomic E-state index is 6.24. The first-order chi connectivity index (χ1) is 10.2. The van der Waals surface area contributed by atoms with Crippen LogP contribution >= 0.6 is 11.8 Å². The highest BCUT2D eigenvalue weighted by molar-refractivity contribution is 7.99. The second kappa shape index (κ2) is 5.91. The summed E-state index contributed by atoms with van der Waals surface area (Å²) >= 11 is 1.99. The molecule has 2 aromatic heterocycles. The van der Waals surface area contributed by atoms with Crippen molar-refractivity contribution in [1.82, 2.24) is 19.3 Å². The van der Waals surface area contributed by atoms with Gasteiger partial charge < -0.3 is 5.73 Å². The van der Waals surface area contributed by atoms with Crippen LogP contribution in [0.3, 0.4) is 0 Å². The number of aromatic nitrogens is 4. The molecule has 116 valence electrons. The van der Waals surface area contributed by atoms with E-state index in [9.17, 15) is 0 Å². The summed E-state index contributed by atoms with van der Waals surface area (Å²) in [4.78, 5) is 4.62. The molecule has 1 aliphatic rings. The molecule has 2 aromatic rings. The lowest BCUT2D eigenvalue weighted by molar-refractivity contribution is 0.366. The number of hydrogen-bond acceptors (Lipinski definition) is 4. The number of nitrogens with zero attached hydrogens (tertiary/aromatic N) is 4. The summed E-state index contributed by atoms with van der Waals surface area (Å²) < 4.78 is 4.20. The van der Waals surface area contributed by atoms with Crippen LogP contribution in [0, 0.1) is 0 Å². The Labute approximate surface area is 130 Å². The largest absolute Gasteiger partial charge is 0.369 e. The smallest absolute Gasteiger partial charge is 0.202 e. The highest BCUT2D eigenvalue weighted by Crippen LogP contribution is 2.37. The molecule has 1 aliphatic carbocycles. The molecule has 1 fully saturated rings. The molecular formula is C15H25N5S. The summed E-state index contributed by atoms with van der Waals surface area (Å²) in [6.45, 7) is 2.17. The Kier molecular flexibility index (Phi) is 4.15. The van der Waals surface area contributed by atoms with E-state index in [1.54, 1.807) is 0 Å². The summed E-state index contributed by atoms with van der Waals surface area (Å²) in [6.07, 6.45) is 9.18. The minimum absolute atomic E-state index is 0.475. The zero-order valence-electron chi connectivity index (χ0n) is 13.2. The van der Waals surface area contributed by atoms with Crippen LogP contribution < -0.4 is 5.73 Å². The van der Waals surface area contributed by atoms with E-state index in [0.717, 1.165) is 34.9 Å². The Bertz CT molecular complexity index is 622. The third kappa shape index (κ3) is 2.54. The number of thioether (sulfide) groups is 1. The highest BCUT2D eigenvalue weighted by Gasteiger charge is 2.27.